The second kappa shape index (κ2) is 10.3. The van der Waals surface area contributed by atoms with Crippen LogP contribution in [0.5, 0.6) is 17.2 Å². The lowest BCUT2D eigenvalue weighted by atomic mass is 9.94. The maximum Gasteiger partial charge on any atom is 0.301 e. The van der Waals surface area contributed by atoms with E-state index in [1.165, 1.54) is 16.2 Å². The highest BCUT2D eigenvalue weighted by Gasteiger charge is 2.48. The molecule has 4 aromatic carbocycles. The molecule has 3 heterocycles. The molecule has 42 heavy (non-hydrogen) atoms. The van der Waals surface area contributed by atoms with Crippen molar-refractivity contribution in [3.63, 3.8) is 0 Å². The number of aromatic nitrogens is 1. The van der Waals surface area contributed by atoms with Crippen molar-refractivity contribution in [3.05, 3.63) is 118 Å². The first-order valence-electron chi connectivity index (χ1n) is 13.4. The molecule has 1 N–H and O–H groups in total. The number of fused-ring (bicyclic) bond motifs is 2. The Bertz CT molecular complexity index is 1920. The Hall–Kier alpha value is -4.66. The summed E-state index contributed by atoms with van der Waals surface area (Å²) in [4.78, 5) is 33.4. The molecule has 5 aromatic rings. The Kier molecular flexibility index (Phi) is 6.45. The van der Waals surface area contributed by atoms with Crippen LogP contribution in [0, 0.1) is 0 Å². The zero-order chi connectivity index (χ0) is 29.0. The fourth-order valence-corrected chi connectivity index (χ4v) is 6.70. The van der Waals surface area contributed by atoms with E-state index in [1.807, 2.05) is 43.3 Å². The molecule has 0 radical (unpaired) electrons. The third-order valence-corrected chi connectivity index (χ3v) is 8.56. The number of Topliss-reactive ketones (excluding diaryl/α,β-unsaturated/α-hetero) is 1. The standard InChI is InChI=1S/C33H23ClN2O5S/c1-18-14-21-15-20(10-13-26(21)40-18)30(37)28-29(19-6-5-9-24(16-19)41-23-7-3-2-4-8-23)36(32(39)31(28)38)33-35-25-12-11-22(34)17-27(25)42-33/h2-13,15-18,29,37H,14H2,1H3/t18-,29-/m0/s1. The molecule has 0 aliphatic carbocycles. The lowest BCUT2D eigenvalue weighted by molar-refractivity contribution is -0.132. The van der Waals surface area contributed by atoms with Crippen molar-refractivity contribution in [2.45, 2.75) is 25.5 Å². The maximum absolute atomic E-state index is 13.7. The van der Waals surface area contributed by atoms with Crippen LogP contribution < -0.4 is 14.4 Å². The van der Waals surface area contributed by atoms with E-state index in [1.54, 1.807) is 54.6 Å². The number of nitrogens with zero attached hydrogens (tertiary/aromatic N) is 2. The molecule has 1 saturated heterocycles. The summed E-state index contributed by atoms with van der Waals surface area (Å²) in [5.74, 6) is 0.0653. The number of aliphatic hydroxyl groups is 1. The van der Waals surface area contributed by atoms with E-state index in [2.05, 4.69) is 4.98 Å². The zero-order valence-corrected chi connectivity index (χ0v) is 23.9. The molecule has 0 saturated carbocycles. The molecule has 2 aliphatic heterocycles. The number of benzene rings is 4. The number of amides is 1. The molecule has 2 atom stereocenters. The van der Waals surface area contributed by atoms with Crippen LogP contribution in [-0.4, -0.2) is 27.9 Å². The SMILES string of the molecule is C[C@H]1Cc2cc(C(O)=C3C(=O)C(=O)N(c4nc5ccc(Cl)cc5s4)[C@H]3c3cccc(Oc4ccccc4)c3)ccc2O1. The van der Waals surface area contributed by atoms with Gasteiger partial charge in [-0.2, -0.15) is 0 Å². The monoisotopic (exact) mass is 594 g/mol. The molecule has 0 bridgehead atoms. The maximum atomic E-state index is 13.7. The Morgan fingerprint density at radius 2 is 1.81 bits per heavy atom. The number of ether oxygens (including phenoxy) is 2. The normalized spacial score (nSPS) is 19.2. The third-order valence-electron chi connectivity index (χ3n) is 7.31. The summed E-state index contributed by atoms with van der Waals surface area (Å²) in [6, 6.07) is 26.1. The van der Waals surface area contributed by atoms with E-state index >= 15 is 0 Å². The number of ketones is 1. The van der Waals surface area contributed by atoms with E-state index in [-0.39, 0.29) is 17.4 Å². The lowest BCUT2D eigenvalue weighted by Gasteiger charge is -2.23. The van der Waals surface area contributed by atoms with Crippen molar-refractivity contribution >= 4 is 55.7 Å². The number of rotatable bonds is 5. The number of carbonyl (C=O) groups excluding carboxylic acids is 2. The average molecular weight is 595 g/mol. The van der Waals surface area contributed by atoms with Crippen LogP contribution in [0.3, 0.4) is 0 Å². The predicted octanol–water partition coefficient (Wildman–Crippen LogP) is 7.69. The van der Waals surface area contributed by atoms with Gasteiger partial charge in [0.25, 0.3) is 5.78 Å². The summed E-state index contributed by atoms with van der Waals surface area (Å²) in [6.07, 6.45) is 0.698. The summed E-state index contributed by atoms with van der Waals surface area (Å²) in [5.41, 5.74) is 2.57. The van der Waals surface area contributed by atoms with Gasteiger partial charge in [-0.15, -0.1) is 0 Å². The topological polar surface area (TPSA) is 89.0 Å². The number of para-hydroxylation sites is 1. The van der Waals surface area contributed by atoms with E-state index in [0.29, 0.717) is 44.7 Å². The van der Waals surface area contributed by atoms with Crippen molar-refractivity contribution in [2.75, 3.05) is 4.90 Å². The fourth-order valence-electron chi connectivity index (χ4n) is 5.43. The number of hydrogen-bond donors (Lipinski definition) is 1. The molecule has 7 rings (SSSR count). The van der Waals surface area contributed by atoms with E-state index in [9.17, 15) is 14.7 Å². The first-order chi connectivity index (χ1) is 20.4. The van der Waals surface area contributed by atoms with Crippen LogP contribution in [0.1, 0.15) is 29.7 Å². The molecule has 2 aliphatic rings. The van der Waals surface area contributed by atoms with Gasteiger partial charge in [0.15, 0.2) is 5.13 Å². The van der Waals surface area contributed by atoms with Crippen LogP contribution in [0.4, 0.5) is 5.13 Å². The first-order valence-corrected chi connectivity index (χ1v) is 14.5. The van der Waals surface area contributed by atoms with Crippen molar-refractivity contribution in [3.8, 4) is 17.2 Å². The number of anilines is 1. The summed E-state index contributed by atoms with van der Waals surface area (Å²) < 4.78 is 12.6. The Morgan fingerprint density at radius 3 is 2.64 bits per heavy atom. The van der Waals surface area contributed by atoms with Gasteiger partial charge in [-0.1, -0.05) is 53.3 Å². The van der Waals surface area contributed by atoms with Crippen LogP contribution >= 0.6 is 22.9 Å². The second-order valence-corrected chi connectivity index (χ2v) is 11.7. The Morgan fingerprint density at radius 1 is 1.00 bits per heavy atom. The summed E-state index contributed by atoms with van der Waals surface area (Å²) in [7, 11) is 0. The highest BCUT2D eigenvalue weighted by atomic mass is 35.5. The Balaban J connectivity index is 1.38. The van der Waals surface area contributed by atoms with Gasteiger partial charge in [-0.25, -0.2) is 4.98 Å². The second-order valence-electron chi connectivity index (χ2n) is 10.2. The van der Waals surface area contributed by atoms with Crippen molar-refractivity contribution in [2.24, 2.45) is 0 Å². The number of halogens is 1. The molecule has 0 unspecified atom stereocenters. The summed E-state index contributed by atoms with van der Waals surface area (Å²) in [5, 5.41) is 12.5. The van der Waals surface area contributed by atoms with Gasteiger partial charge in [0.1, 0.15) is 29.1 Å². The number of hydrogen-bond acceptors (Lipinski definition) is 7. The summed E-state index contributed by atoms with van der Waals surface area (Å²) in [6.45, 7) is 1.97. The molecular weight excluding hydrogens is 572 g/mol. The Labute approximate surface area is 250 Å². The van der Waals surface area contributed by atoms with Crippen LogP contribution in [0.25, 0.3) is 16.0 Å². The quantitative estimate of drug-likeness (QED) is 0.127. The minimum Gasteiger partial charge on any atom is -0.507 e. The van der Waals surface area contributed by atoms with Crippen LogP contribution in [-0.2, 0) is 16.0 Å². The number of carbonyl (C=O) groups is 2. The van der Waals surface area contributed by atoms with Crippen LogP contribution in [0.15, 0.2) is 96.6 Å². The first kappa shape index (κ1) is 26.3. The van der Waals surface area contributed by atoms with Crippen molar-refractivity contribution < 1.29 is 24.2 Å². The smallest absolute Gasteiger partial charge is 0.301 e. The number of thiazole rings is 1. The fraction of sp³-hybridized carbons (Fsp3) is 0.121. The predicted molar refractivity (Wildman–Crippen MR) is 163 cm³/mol. The average Bonchev–Trinajstić information content (AvgIpc) is 3.65. The van der Waals surface area contributed by atoms with E-state index < -0.39 is 17.7 Å². The van der Waals surface area contributed by atoms with Gasteiger partial charge >= 0.3 is 5.91 Å². The lowest BCUT2D eigenvalue weighted by Crippen LogP contribution is -2.29. The van der Waals surface area contributed by atoms with Gasteiger partial charge in [0, 0.05) is 17.0 Å². The van der Waals surface area contributed by atoms with Gasteiger partial charge < -0.3 is 14.6 Å². The van der Waals surface area contributed by atoms with Crippen molar-refractivity contribution in [1.29, 1.82) is 0 Å². The molecule has 1 fully saturated rings. The zero-order valence-electron chi connectivity index (χ0n) is 22.3. The van der Waals surface area contributed by atoms with Gasteiger partial charge in [-0.3, -0.25) is 14.5 Å². The molecule has 9 heteroatoms. The van der Waals surface area contributed by atoms with Crippen LogP contribution in [0.2, 0.25) is 5.02 Å². The van der Waals surface area contributed by atoms with E-state index in [4.69, 9.17) is 21.1 Å². The molecule has 0 spiro atoms. The van der Waals surface area contributed by atoms with Gasteiger partial charge in [0.2, 0.25) is 0 Å². The minimum atomic E-state index is -0.955. The molecule has 1 amide bonds. The van der Waals surface area contributed by atoms with Gasteiger partial charge in [-0.05, 0) is 78.7 Å². The largest absolute Gasteiger partial charge is 0.507 e. The highest BCUT2D eigenvalue weighted by molar-refractivity contribution is 7.22. The summed E-state index contributed by atoms with van der Waals surface area (Å²) >= 11 is 7.46. The molecule has 1 aromatic heterocycles. The highest BCUT2D eigenvalue weighted by Crippen LogP contribution is 2.45. The molecular formula is C33H23ClN2O5S. The van der Waals surface area contributed by atoms with Crippen molar-refractivity contribution in [1.82, 2.24) is 4.98 Å². The number of aliphatic hydroxyl groups excluding tert-OH is 1. The molecule has 7 nitrogen and oxygen atoms in total. The van der Waals surface area contributed by atoms with E-state index in [0.717, 1.165) is 16.0 Å². The van der Waals surface area contributed by atoms with Gasteiger partial charge in [0.05, 0.1) is 21.8 Å². The third kappa shape index (κ3) is 4.58. The molecule has 208 valence electrons. The minimum absolute atomic E-state index is 0.0165.